The lowest BCUT2D eigenvalue weighted by Gasteiger charge is -2.39. The molecule has 13 nitrogen and oxygen atoms in total. The standard InChI is InChI=1S/C33H32ClF3N10O3/c1-18-13-32(6-8-45(9-7-32)15-24-40-23-14-38-17-39-29(23)42-24)26-27(18)46(16-25(48)41-22-3-2-20(12-21(22)34)33(35,36)37)31-43-28(44-47(31)30(26)49)19-4-10-50-11-5-19/h2-4,12,14,17-18H,5-11,13,15-16H2,1H3,(H,41,48)(H,38,39,40,42). The summed E-state index contributed by atoms with van der Waals surface area (Å²) < 4.78 is 48.2. The fraction of sp³-hybridized carbons (Fsp3) is 0.424. The number of rotatable bonds is 6. The van der Waals surface area contributed by atoms with E-state index < -0.39 is 23.1 Å². The van der Waals surface area contributed by atoms with Gasteiger partial charge in [0.05, 0.1) is 42.2 Å². The Morgan fingerprint density at radius 3 is 2.76 bits per heavy atom. The van der Waals surface area contributed by atoms with Gasteiger partial charge in [0, 0.05) is 16.7 Å². The van der Waals surface area contributed by atoms with Gasteiger partial charge in [0.1, 0.15) is 24.2 Å². The molecule has 50 heavy (non-hydrogen) atoms. The lowest BCUT2D eigenvalue weighted by atomic mass is 9.74. The van der Waals surface area contributed by atoms with Gasteiger partial charge in [-0.15, -0.1) is 5.10 Å². The number of carbonyl (C=O) groups excluding carboxylic acids is 1. The minimum atomic E-state index is -4.58. The molecular formula is C33H32ClF3N10O3. The first-order chi connectivity index (χ1) is 24.0. The number of hydrogen-bond acceptors (Lipinski definition) is 9. The van der Waals surface area contributed by atoms with Crippen molar-refractivity contribution in [3.63, 3.8) is 0 Å². The van der Waals surface area contributed by atoms with Gasteiger partial charge in [0.15, 0.2) is 11.5 Å². The maximum absolute atomic E-state index is 14.4. The van der Waals surface area contributed by atoms with Crippen LogP contribution in [0.25, 0.3) is 22.5 Å². The average Bonchev–Trinajstić information content (AvgIpc) is 3.79. The van der Waals surface area contributed by atoms with Crippen LogP contribution in [0.5, 0.6) is 0 Å². The van der Waals surface area contributed by atoms with E-state index in [1.54, 1.807) is 10.8 Å². The molecule has 4 aromatic heterocycles. The third-order valence-electron chi connectivity index (χ3n) is 10.00. The fourth-order valence-electron chi connectivity index (χ4n) is 7.71. The summed E-state index contributed by atoms with van der Waals surface area (Å²) in [7, 11) is 0. The number of amides is 1. The van der Waals surface area contributed by atoms with Crippen LogP contribution < -0.4 is 10.9 Å². The summed E-state index contributed by atoms with van der Waals surface area (Å²) in [6.07, 6.45) is 3.16. The van der Waals surface area contributed by atoms with E-state index >= 15 is 0 Å². The Bertz CT molecular complexity index is 2200. The SMILES string of the molecule is CC1CC2(CCN(Cc3nc4cncnc4[nH]3)CC2)c2c1n(CC(=O)Nc1ccc(C(F)(F)F)cc1Cl)c1nc(C3=CCOCC3)nn1c2=O. The van der Waals surface area contributed by atoms with Crippen molar-refractivity contribution in [1.29, 1.82) is 0 Å². The molecule has 1 atom stereocenters. The van der Waals surface area contributed by atoms with Crippen LogP contribution in [0.4, 0.5) is 18.9 Å². The molecule has 8 rings (SSSR count). The second kappa shape index (κ2) is 12.3. The van der Waals surface area contributed by atoms with Gasteiger partial charge in [0.2, 0.25) is 11.7 Å². The molecule has 2 N–H and O–H groups in total. The lowest BCUT2D eigenvalue weighted by Crippen LogP contribution is -2.44. The number of H-pyrrole nitrogens is 1. The summed E-state index contributed by atoms with van der Waals surface area (Å²) in [6.45, 7) is 4.71. The topological polar surface area (TPSA) is 148 Å². The minimum absolute atomic E-state index is 0.0429. The van der Waals surface area contributed by atoms with Crippen molar-refractivity contribution < 1.29 is 22.7 Å². The number of ether oxygens (including phenoxy) is 1. The van der Waals surface area contributed by atoms with Gasteiger partial charge in [-0.1, -0.05) is 24.6 Å². The molecule has 0 saturated carbocycles. The van der Waals surface area contributed by atoms with Gasteiger partial charge >= 0.3 is 6.18 Å². The van der Waals surface area contributed by atoms with Crippen molar-refractivity contribution in [3.8, 4) is 0 Å². The summed E-state index contributed by atoms with van der Waals surface area (Å²) in [5, 5.41) is 7.08. The number of aromatic nitrogens is 8. The third kappa shape index (κ3) is 5.74. The number of piperidine rings is 1. The van der Waals surface area contributed by atoms with Crippen LogP contribution in [-0.2, 0) is 34.2 Å². The van der Waals surface area contributed by atoms with E-state index in [2.05, 4.69) is 35.3 Å². The van der Waals surface area contributed by atoms with Crippen molar-refractivity contribution in [2.24, 2.45) is 0 Å². The molecule has 1 amide bonds. The Balaban J connectivity index is 1.13. The summed E-state index contributed by atoms with van der Waals surface area (Å²) in [5.74, 6) is 0.776. The number of fused-ring (bicyclic) bond motifs is 4. The van der Waals surface area contributed by atoms with Gasteiger partial charge in [-0.2, -0.15) is 22.7 Å². The molecule has 0 radical (unpaired) electrons. The van der Waals surface area contributed by atoms with Crippen LogP contribution in [0, 0.1) is 0 Å². The highest BCUT2D eigenvalue weighted by molar-refractivity contribution is 6.33. The number of halogens is 4. The first kappa shape index (κ1) is 32.5. The molecule has 1 unspecified atom stereocenters. The number of nitrogens with zero attached hydrogens (tertiary/aromatic N) is 8. The quantitative estimate of drug-likeness (QED) is 0.256. The van der Waals surface area contributed by atoms with E-state index in [0.29, 0.717) is 68.0 Å². The second-order valence-corrected chi connectivity index (χ2v) is 13.6. The Morgan fingerprint density at radius 2 is 2.04 bits per heavy atom. The molecule has 6 heterocycles. The highest BCUT2D eigenvalue weighted by Gasteiger charge is 2.48. The first-order valence-electron chi connectivity index (χ1n) is 16.3. The highest BCUT2D eigenvalue weighted by Crippen LogP contribution is 2.50. The molecule has 0 bridgehead atoms. The summed E-state index contributed by atoms with van der Waals surface area (Å²) in [6, 6.07) is 2.77. The van der Waals surface area contributed by atoms with Crippen LogP contribution in [0.3, 0.4) is 0 Å². The van der Waals surface area contributed by atoms with Crippen molar-refractivity contribution in [2.45, 2.75) is 63.2 Å². The molecule has 1 fully saturated rings. The smallest absolute Gasteiger partial charge is 0.377 e. The van der Waals surface area contributed by atoms with E-state index in [-0.39, 0.29) is 34.5 Å². The Kier molecular flexibility index (Phi) is 7.99. The predicted molar refractivity (Wildman–Crippen MR) is 177 cm³/mol. The number of anilines is 1. The number of alkyl halides is 3. The van der Waals surface area contributed by atoms with Gasteiger partial charge in [-0.25, -0.2) is 15.0 Å². The number of hydrogen-bond donors (Lipinski definition) is 2. The van der Waals surface area contributed by atoms with Crippen molar-refractivity contribution >= 4 is 45.7 Å². The van der Waals surface area contributed by atoms with Crippen molar-refractivity contribution in [3.05, 3.63) is 80.6 Å². The van der Waals surface area contributed by atoms with E-state index in [9.17, 15) is 22.8 Å². The zero-order valence-electron chi connectivity index (χ0n) is 26.9. The maximum atomic E-state index is 14.4. The Hall–Kier alpha value is -4.67. The van der Waals surface area contributed by atoms with Crippen molar-refractivity contribution in [1.82, 2.24) is 44.0 Å². The highest BCUT2D eigenvalue weighted by atomic mass is 35.5. The molecule has 2 aliphatic heterocycles. The number of likely N-dealkylation sites (tertiary alicyclic amines) is 1. The zero-order valence-corrected chi connectivity index (χ0v) is 27.7. The average molecular weight is 709 g/mol. The molecule has 1 saturated heterocycles. The van der Waals surface area contributed by atoms with E-state index in [0.717, 1.165) is 48.4 Å². The number of nitrogens with one attached hydrogen (secondary N) is 2. The minimum Gasteiger partial charge on any atom is -0.377 e. The number of benzene rings is 1. The number of aromatic amines is 1. The fourth-order valence-corrected chi connectivity index (χ4v) is 7.94. The van der Waals surface area contributed by atoms with Crippen LogP contribution in [0.1, 0.15) is 67.0 Å². The Labute approximate surface area is 287 Å². The molecule has 1 aromatic carbocycles. The maximum Gasteiger partial charge on any atom is 0.416 e. The van der Waals surface area contributed by atoms with Gasteiger partial charge in [-0.3, -0.25) is 14.5 Å². The van der Waals surface area contributed by atoms with E-state index in [1.807, 2.05) is 13.0 Å². The summed E-state index contributed by atoms with van der Waals surface area (Å²) in [4.78, 5) is 51.3. The van der Waals surface area contributed by atoms with Crippen LogP contribution in [0.15, 0.2) is 41.6 Å². The van der Waals surface area contributed by atoms with Gasteiger partial charge in [-0.05, 0) is 68.5 Å². The zero-order chi connectivity index (χ0) is 34.8. The molecule has 17 heteroatoms. The third-order valence-corrected chi connectivity index (χ3v) is 10.3. The molecule has 1 aliphatic carbocycles. The lowest BCUT2D eigenvalue weighted by molar-refractivity contribution is -0.137. The summed E-state index contributed by atoms with van der Waals surface area (Å²) >= 11 is 6.16. The Morgan fingerprint density at radius 1 is 1.22 bits per heavy atom. The van der Waals surface area contributed by atoms with E-state index in [4.69, 9.17) is 21.3 Å². The van der Waals surface area contributed by atoms with Crippen LogP contribution in [-0.4, -0.2) is 76.2 Å². The molecule has 1 spiro atoms. The second-order valence-electron chi connectivity index (χ2n) is 13.2. The monoisotopic (exact) mass is 708 g/mol. The van der Waals surface area contributed by atoms with Crippen molar-refractivity contribution in [2.75, 3.05) is 31.6 Å². The van der Waals surface area contributed by atoms with Crippen LogP contribution >= 0.6 is 11.6 Å². The first-order valence-corrected chi connectivity index (χ1v) is 16.7. The van der Waals surface area contributed by atoms with Crippen LogP contribution in [0.2, 0.25) is 5.02 Å². The van der Waals surface area contributed by atoms with Gasteiger partial charge in [0.25, 0.3) is 5.56 Å². The van der Waals surface area contributed by atoms with Gasteiger partial charge < -0.3 is 19.6 Å². The largest absolute Gasteiger partial charge is 0.416 e. The predicted octanol–water partition coefficient (Wildman–Crippen LogP) is 4.71. The summed E-state index contributed by atoms with van der Waals surface area (Å²) in [5.41, 5.74) is 2.01. The molecule has 5 aromatic rings. The molecule has 3 aliphatic rings. The molecular weight excluding hydrogens is 677 g/mol. The number of carbonyl (C=O) groups is 1. The normalized spacial score (nSPS) is 19.3. The number of imidazole rings is 1. The molecule has 260 valence electrons. The van der Waals surface area contributed by atoms with E-state index in [1.165, 1.54) is 10.8 Å².